The van der Waals surface area contributed by atoms with Crippen LogP contribution >= 0.6 is 11.3 Å². The fourth-order valence-corrected chi connectivity index (χ4v) is 9.05. The molecule has 3 heterocycles. The zero-order valence-corrected chi connectivity index (χ0v) is 30.9. The van der Waals surface area contributed by atoms with E-state index in [2.05, 4.69) is 152 Å². The molecule has 0 bridgehead atoms. The third-order valence-electron chi connectivity index (χ3n) is 10.6. The largest absolute Gasteiger partial charge is 0.455 e. The number of thiophene rings is 1. The molecule has 0 aliphatic rings. The van der Waals surface area contributed by atoms with Crippen LogP contribution in [-0.2, 0) is 0 Å². The smallest absolute Gasteiger partial charge is 0.167 e. The monoisotopic (exact) mass is 733 g/mol. The minimum absolute atomic E-state index is 0.559. The Hall–Kier alpha value is -7.21. The third kappa shape index (κ3) is 5.40. The zero-order chi connectivity index (χ0) is 37.0. The zero-order valence-electron chi connectivity index (χ0n) is 30.1. The van der Waals surface area contributed by atoms with Gasteiger partial charge in [-0.3, -0.25) is 0 Å². The minimum Gasteiger partial charge on any atom is -0.455 e. The summed E-state index contributed by atoms with van der Waals surface area (Å²) >= 11 is 1.84. The highest BCUT2D eigenvalue weighted by Crippen LogP contribution is 2.47. The maximum atomic E-state index is 7.05. The van der Waals surface area contributed by atoms with E-state index in [-0.39, 0.29) is 0 Å². The number of furan rings is 1. The molecule has 3 aromatic heterocycles. The molecule has 11 rings (SSSR count). The van der Waals surface area contributed by atoms with E-state index in [1.54, 1.807) is 0 Å². The fraction of sp³-hybridized carbons (Fsp3) is 0. The van der Waals surface area contributed by atoms with Gasteiger partial charge in [-0.15, -0.1) is 11.3 Å². The van der Waals surface area contributed by atoms with Crippen molar-refractivity contribution in [2.75, 3.05) is 0 Å². The summed E-state index contributed by atoms with van der Waals surface area (Å²) in [6.45, 7) is 0. The summed E-state index contributed by atoms with van der Waals surface area (Å²) in [6, 6.07) is 65.6. The normalized spacial score (nSPS) is 11.6. The van der Waals surface area contributed by atoms with Gasteiger partial charge >= 0.3 is 0 Å². The molecule has 56 heavy (non-hydrogen) atoms. The summed E-state index contributed by atoms with van der Waals surface area (Å²) in [5, 5.41) is 4.59. The van der Waals surface area contributed by atoms with Crippen LogP contribution in [0.1, 0.15) is 0 Å². The lowest BCUT2D eigenvalue weighted by molar-refractivity contribution is 0.670. The number of hydrogen-bond acceptors (Lipinski definition) is 5. The Morgan fingerprint density at radius 2 is 0.821 bits per heavy atom. The number of fused-ring (bicyclic) bond motifs is 6. The molecule has 0 spiro atoms. The summed E-state index contributed by atoms with van der Waals surface area (Å²) in [4.78, 5) is 15.2. The lowest BCUT2D eigenvalue weighted by Gasteiger charge is -2.13. The van der Waals surface area contributed by atoms with Gasteiger partial charge in [-0.1, -0.05) is 170 Å². The Kier molecular flexibility index (Phi) is 7.64. The number of rotatable bonds is 6. The van der Waals surface area contributed by atoms with E-state index in [4.69, 9.17) is 19.4 Å². The van der Waals surface area contributed by atoms with Gasteiger partial charge in [-0.2, -0.15) is 0 Å². The van der Waals surface area contributed by atoms with Crippen molar-refractivity contribution < 1.29 is 4.42 Å². The lowest BCUT2D eigenvalue weighted by Crippen LogP contribution is -2.00. The molecule has 0 saturated heterocycles. The molecule has 0 amide bonds. The second-order valence-corrected chi connectivity index (χ2v) is 15.0. The Morgan fingerprint density at radius 3 is 1.52 bits per heavy atom. The van der Waals surface area contributed by atoms with Crippen molar-refractivity contribution in [3.05, 3.63) is 188 Å². The summed E-state index contributed by atoms with van der Waals surface area (Å²) in [7, 11) is 0. The van der Waals surface area contributed by atoms with Gasteiger partial charge in [0.25, 0.3) is 0 Å². The molecule has 11 aromatic rings. The van der Waals surface area contributed by atoms with Gasteiger partial charge in [0.05, 0.1) is 5.56 Å². The molecule has 0 radical (unpaired) electrons. The number of benzene rings is 8. The van der Waals surface area contributed by atoms with Crippen LogP contribution in [0, 0.1) is 0 Å². The van der Waals surface area contributed by atoms with Crippen LogP contribution in [0.5, 0.6) is 0 Å². The maximum Gasteiger partial charge on any atom is 0.167 e. The molecule has 0 aliphatic heterocycles. The van der Waals surface area contributed by atoms with Gasteiger partial charge in [-0.25, -0.2) is 15.0 Å². The van der Waals surface area contributed by atoms with Crippen molar-refractivity contribution >= 4 is 53.4 Å². The maximum absolute atomic E-state index is 7.05. The van der Waals surface area contributed by atoms with Crippen LogP contribution in [0.2, 0.25) is 0 Å². The first kappa shape index (κ1) is 32.2. The number of hydrogen-bond donors (Lipinski definition) is 0. The molecule has 0 fully saturated rings. The van der Waals surface area contributed by atoms with Crippen LogP contribution in [0.25, 0.3) is 110 Å². The Balaban J connectivity index is 1.12. The number of para-hydroxylation sites is 2. The Morgan fingerprint density at radius 1 is 0.321 bits per heavy atom. The first-order valence-corrected chi connectivity index (χ1v) is 19.5. The van der Waals surface area contributed by atoms with E-state index in [0.29, 0.717) is 17.5 Å². The molecule has 5 heteroatoms. The van der Waals surface area contributed by atoms with Gasteiger partial charge < -0.3 is 4.42 Å². The van der Waals surface area contributed by atoms with E-state index in [1.165, 1.54) is 31.3 Å². The fourth-order valence-electron chi connectivity index (χ4n) is 7.94. The van der Waals surface area contributed by atoms with E-state index in [9.17, 15) is 0 Å². The summed E-state index contributed by atoms with van der Waals surface area (Å²) in [6.07, 6.45) is 0. The second-order valence-electron chi connectivity index (χ2n) is 13.9. The highest BCUT2D eigenvalue weighted by atomic mass is 32.1. The molecule has 0 unspecified atom stereocenters. The summed E-state index contributed by atoms with van der Waals surface area (Å²) < 4.78 is 9.60. The van der Waals surface area contributed by atoms with E-state index >= 15 is 0 Å². The van der Waals surface area contributed by atoms with Crippen LogP contribution in [-0.4, -0.2) is 15.0 Å². The number of aromatic nitrogens is 3. The quantitative estimate of drug-likeness (QED) is 0.171. The van der Waals surface area contributed by atoms with Crippen molar-refractivity contribution in [1.82, 2.24) is 15.0 Å². The SMILES string of the molecule is c1ccc(-c2ccc(-c3nc(-c4ccccc4)nc(-c4cccc5c4oc4c(-c6ccc7sc8ccccc8c7c6-c6ccccc6)cccc45)n3)cc2)cc1. The predicted octanol–water partition coefficient (Wildman–Crippen LogP) is 14.1. The highest BCUT2D eigenvalue weighted by molar-refractivity contribution is 7.26. The molecule has 0 atom stereocenters. The summed E-state index contributed by atoms with van der Waals surface area (Å²) in [5.41, 5.74) is 11.1. The Bertz CT molecular complexity index is 3230. The Labute approximate surface area is 327 Å². The average Bonchev–Trinajstić information content (AvgIpc) is 3.86. The lowest BCUT2D eigenvalue weighted by atomic mass is 9.90. The molecule has 0 aliphatic carbocycles. The van der Waals surface area contributed by atoms with Gasteiger partial charge in [0.2, 0.25) is 0 Å². The van der Waals surface area contributed by atoms with Crippen molar-refractivity contribution in [2.24, 2.45) is 0 Å². The van der Waals surface area contributed by atoms with Crippen molar-refractivity contribution in [3.8, 4) is 67.5 Å². The standard InChI is InChI=1S/C51H31N3OS/c1-4-14-32(15-5-1)33-26-28-36(29-27-33)50-52-49(35-18-8-3-9-19-35)53-51(54-50)42-24-13-23-40-39-22-12-21-38(47(39)55-48(40)42)37-30-31-44-46(41-20-10-11-25-43(41)56-44)45(37)34-16-6-2-7-17-34/h1-31H. The van der Waals surface area contributed by atoms with Gasteiger partial charge in [0.15, 0.2) is 17.5 Å². The van der Waals surface area contributed by atoms with E-state index in [0.717, 1.165) is 60.9 Å². The van der Waals surface area contributed by atoms with Crippen LogP contribution in [0.4, 0.5) is 0 Å². The van der Waals surface area contributed by atoms with Crippen LogP contribution in [0.3, 0.4) is 0 Å². The molecule has 0 saturated carbocycles. The molecule has 262 valence electrons. The van der Waals surface area contributed by atoms with Crippen LogP contribution < -0.4 is 0 Å². The van der Waals surface area contributed by atoms with Crippen LogP contribution in [0.15, 0.2) is 192 Å². The molecular formula is C51H31N3OS. The van der Waals surface area contributed by atoms with Gasteiger partial charge in [0, 0.05) is 47.6 Å². The second kappa shape index (κ2) is 13.3. The third-order valence-corrected chi connectivity index (χ3v) is 11.7. The first-order chi connectivity index (χ1) is 27.8. The first-order valence-electron chi connectivity index (χ1n) is 18.7. The topological polar surface area (TPSA) is 51.8 Å². The van der Waals surface area contributed by atoms with Crippen molar-refractivity contribution in [2.45, 2.75) is 0 Å². The van der Waals surface area contributed by atoms with Crippen molar-refractivity contribution in [1.29, 1.82) is 0 Å². The highest BCUT2D eigenvalue weighted by Gasteiger charge is 2.22. The van der Waals surface area contributed by atoms with E-state index < -0.39 is 0 Å². The summed E-state index contributed by atoms with van der Waals surface area (Å²) in [5.74, 6) is 1.77. The van der Waals surface area contributed by atoms with Gasteiger partial charge in [-0.05, 0) is 46.0 Å². The molecule has 4 nitrogen and oxygen atoms in total. The molecule has 8 aromatic carbocycles. The van der Waals surface area contributed by atoms with Gasteiger partial charge in [0.1, 0.15) is 11.2 Å². The van der Waals surface area contributed by atoms with Crippen molar-refractivity contribution in [3.63, 3.8) is 0 Å². The number of nitrogens with zero attached hydrogens (tertiary/aromatic N) is 3. The average molecular weight is 734 g/mol. The minimum atomic E-state index is 0.559. The molecule has 0 N–H and O–H groups in total. The predicted molar refractivity (Wildman–Crippen MR) is 233 cm³/mol. The molecular weight excluding hydrogens is 703 g/mol. The van der Waals surface area contributed by atoms with E-state index in [1.807, 2.05) is 47.7 Å².